The first-order valence-electron chi connectivity index (χ1n) is 9.95. The number of rotatable bonds is 6. The van der Waals surface area contributed by atoms with Crippen molar-refractivity contribution in [2.75, 3.05) is 46.3 Å². The molecule has 2 unspecified atom stereocenters. The van der Waals surface area contributed by atoms with Crippen molar-refractivity contribution in [3.05, 3.63) is 22.4 Å². The number of likely N-dealkylation sites (tertiary alicyclic amines) is 2. The molecule has 0 saturated carbocycles. The Hall–Kier alpha value is -1.07. The van der Waals surface area contributed by atoms with Crippen LogP contribution in [0.15, 0.2) is 22.5 Å². The Morgan fingerprint density at radius 3 is 2.88 bits per heavy atom. The third kappa shape index (κ3) is 5.71. The number of hydrogen-bond donors (Lipinski definition) is 1. The predicted molar refractivity (Wildman–Crippen MR) is 109 cm³/mol. The van der Waals surface area contributed by atoms with Gasteiger partial charge < -0.3 is 15.1 Å². The summed E-state index contributed by atoms with van der Waals surface area (Å²) >= 11 is 1.86. The van der Waals surface area contributed by atoms with Crippen LogP contribution in [-0.4, -0.2) is 62.1 Å². The molecule has 2 fully saturated rings. The molecule has 25 heavy (non-hydrogen) atoms. The summed E-state index contributed by atoms with van der Waals surface area (Å²) in [5, 5.41) is 5.78. The minimum atomic E-state index is 0.627. The molecule has 3 heterocycles. The highest BCUT2D eigenvalue weighted by molar-refractivity contribution is 7.09. The summed E-state index contributed by atoms with van der Waals surface area (Å²) in [6, 6.07) is 4.38. The monoisotopic (exact) mass is 362 g/mol. The third-order valence-corrected chi connectivity index (χ3v) is 6.40. The van der Waals surface area contributed by atoms with Gasteiger partial charge in [0.25, 0.3) is 0 Å². The van der Waals surface area contributed by atoms with Gasteiger partial charge in [-0.2, -0.15) is 0 Å². The fourth-order valence-electron chi connectivity index (χ4n) is 4.12. The van der Waals surface area contributed by atoms with E-state index in [9.17, 15) is 0 Å². The van der Waals surface area contributed by atoms with Crippen LogP contribution >= 0.6 is 11.3 Å². The Bertz CT molecular complexity index is 522. The molecule has 1 N–H and O–H groups in total. The molecule has 1 aromatic rings. The summed E-state index contributed by atoms with van der Waals surface area (Å²) in [6.45, 7) is 9.53. The summed E-state index contributed by atoms with van der Waals surface area (Å²) in [5.41, 5.74) is 0. The zero-order valence-electron chi connectivity index (χ0n) is 15.9. The summed E-state index contributed by atoms with van der Waals surface area (Å²) in [5.74, 6) is 2.53. The number of nitrogens with one attached hydrogen (secondary N) is 1. The van der Waals surface area contributed by atoms with Gasteiger partial charge in [-0.15, -0.1) is 11.3 Å². The predicted octanol–water partition coefficient (Wildman–Crippen LogP) is 3.31. The maximum atomic E-state index is 4.54. The molecule has 2 aliphatic rings. The van der Waals surface area contributed by atoms with Gasteiger partial charge in [-0.3, -0.25) is 4.99 Å². The number of aliphatic imine (C=N–C) groups is 1. The van der Waals surface area contributed by atoms with Gasteiger partial charge in [0.2, 0.25) is 0 Å². The van der Waals surface area contributed by atoms with Crippen LogP contribution in [0.5, 0.6) is 0 Å². The first-order valence-corrected chi connectivity index (χ1v) is 10.8. The van der Waals surface area contributed by atoms with Gasteiger partial charge in [0.1, 0.15) is 0 Å². The van der Waals surface area contributed by atoms with Crippen molar-refractivity contribution < 1.29 is 0 Å². The highest BCUT2D eigenvalue weighted by Gasteiger charge is 2.27. The van der Waals surface area contributed by atoms with Crippen LogP contribution in [0.3, 0.4) is 0 Å². The number of thiophene rings is 1. The van der Waals surface area contributed by atoms with Gasteiger partial charge in [0.15, 0.2) is 5.96 Å². The second kappa shape index (κ2) is 9.58. The Balaban J connectivity index is 1.40. The molecule has 4 nitrogen and oxygen atoms in total. The molecule has 0 amide bonds. The maximum absolute atomic E-state index is 4.54. The molecule has 0 aliphatic carbocycles. The molecule has 0 aromatic carbocycles. The van der Waals surface area contributed by atoms with Crippen LogP contribution in [0.2, 0.25) is 0 Å². The van der Waals surface area contributed by atoms with Crippen LogP contribution in [0.4, 0.5) is 0 Å². The second-order valence-corrected chi connectivity index (χ2v) is 8.81. The minimum absolute atomic E-state index is 0.627. The van der Waals surface area contributed by atoms with Crippen LogP contribution in [-0.2, 0) is 6.42 Å². The lowest BCUT2D eigenvalue weighted by atomic mass is 10.1. The van der Waals surface area contributed by atoms with E-state index in [1.165, 1.54) is 50.2 Å². The summed E-state index contributed by atoms with van der Waals surface area (Å²) in [7, 11) is 1.92. The van der Waals surface area contributed by atoms with E-state index in [1.54, 1.807) is 0 Å². The van der Waals surface area contributed by atoms with Crippen molar-refractivity contribution in [1.29, 1.82) is 0 Å². The molecule has 3 rings (SSSR count). The number of nitrogens with zero attached hydrogens (tertiary/aromatic N) is 3. The Labute approximate surface area is 157 Å². The smallest absolute Gasteiger partial charge is 0.193 e. The van der Waals surface area contributed by atoms with Crippen molar-refractivity contribution in [2.45, 2.75) is 39.0 Å². The van der Waals surface area contributed by atoms with Gasteiger partial charge in [-0.05, 0) is 62.1 Å². The van der Waals surface area contributed by atoms with E-state index >= 15 is 0 Å². The molecule has 2 atom stereocenters. The normalized spacial score (nSPS) is 23.8. The number of hydrogen-bond acceptors (Lipinski definition) is 3. The Morgan fingerprint density at radius 2 is 2.16 bits per heavy atom. The van der Waals surface area contributed by atoms with Crippen LogP contribution < -0.4 is 5.32 Å². The molecular weight excluding hydrogens is 328 g/mol. The SMILES string of the molecule is CN=C(NCC(C)Cc1cccs1)N1CCC(CN2CCCCC2)C1. The largest absolute Gasteiger partial charge is 0.356 e. The number of guanidine groups is 1. The van der Waals surface area contributed by atoms with Gasteiger partial charge in [0, 0.05) is 38.1 Å². The van der Waals surface area contributed by atoms with Gasteiger partial charge in [-0.1, -0.05) is 19.4 Å². The van der Waals surface area contributed by atoms with Crippen LogP contribution in [0, 0.1) is 11.8 Å². The summed E-state index contributed by atoms with van der Waals surface area (Å²) in [4.78, 5) is 11.2. The third-order valence-electron chi connectivity index (χ3n) is 5.50. The lowest BCUT2D eigenvalue weighted by Gasteiger charge is -2.29. The molecular formula is C20H34N4S. The average molecular weight is 363 g/mol. The molecule has 140 valence electrons. The van der Waals surface area contributed by atoms with E-state index in [1.807, 2.05) is 18.4 Å². The molecule has 2 saturated heterocycles. The van der Waals surface area contributed by atoms with Crippen molar-refractivity contribution in [3.63, 3.8) is 0 Å². The van der Waals surface area contributed by atoms with Crippen molar-refractivity contribution >= 4 is 17.3 Å². The van der Waals surface area contributed by atoms with E-state index < -0.39 is 0 Å². The quantitative estimate of drug-likeness (QED) is 0.622. The van der Waals surface area contributed by atoms with E-state index in [2.05, 4.69) is 44.5 Å². The number of piperidine rings is 1. The lowest BCUT2D eigenvalue weighted by molar-refractivity contribution is 0.198. The van der Waals surface area contributed by atoms with Gasteiger partial charge >= 0.3 is 0 Å². The Morgan fingerprint density at radius 1 is 1.32 bits per heavy atom. The van der Waals surface area contributed by atoms with E-state index in [-0.39, 0.29) is 0 Å². The van der Waals surface area contributed by atoms with Gasteiger partial charge in [0.05, 0.1) is 0 Å². The fraction of sp³-hybridized carbons (Fsp3) is 0.750. The molecule has 5 heteroatoms. The average Bonchev–Trinajstić information content (AvgIpc) is 3.29. The topological polar surface area (TPSA) is 30.9 Å². The minimum Gasteiger partial charge on any atom is -0.356 e. The van der Waals surface area contributed by atoms with E-state index in [4.69, 9.17) is 0 Å². The first-order chi connectivity index (χ1) is 12.2. The second-order valence-electron chi connectivity index (χ2n) is 7.78. The standard InChI is InChI=1S/C20H34N4S/c1-17(13-19-7-6-12-25-19)14-22-20(21-2)24-11-8-18(16-24)15-23-9-4-3-5-10-23/h6-7,12,17-18H,3-5,8-11,13-16H2,1-2H3,(H,21,22). The van der Waals surface area contributed by atoms with Gasteiger partial charge in [-0.25, -0.2) is 0 Å². The maximum Gasteiger partial charge on any atom is 0.193 e. The lowest BCUT2D eigenvalue weighted by Crippen LogP contribution is -2.42. The fourth-order valence-corrected chi connectivity index (χ4v) is 4.99. The van der Waals surface area contributed by atoms with Crippen molar-refractivity contribution in [2.24, 2.45) is 16.8 Å². The van der Waals surface area contributed by atoms with Crippen molar-refractivity contribution in [3.8, 4) is 0 Å². The zero-order valence-corrected chi connectivity index (χ0v) is 16.7. The molecule has 0 radical (unpaired) electrons. The van der Waals surface area contributed by atoms with Crippen LogP contribution in [0.1, 0.15) is 37.5 Å². The van der Waals surface area contributed by atoms with E-state index in [0.717, 1.165) is 37.9 Å². The highest BCUT2D eigenvalue weighted by Crippen LogP contribution is 2.20. The summed E-state index contributed by atoms with van der Waals surface area (Å²) in [6.07, 6.45) is 6.66. The molecule has 0 bridgehead atoms. The van der Waals surface area contributed by atoms with E-state index in [0.29, 0.717) is 5.92 Å². The first kappa shape index (κ1) is 18.7. The highest BCUT2D eigenvalue weighted by atomic mass is 32.1. The zero-order chi connectivity index (χ0) is 17.5. The Kier molecular flexibility index (Phi) is 7.17. The van der Waals surface area contributed by atoms with Crippen molar-refractivity contribution in [1.82, 2.24) is 15.1 Å². The molecule has 0 spiro atoms. The van der Waals surface area contributed by atoms with Crippen LogP contribution in [0.25, 0.3) is 0 Å². The molecule has 1 aromatic heterocycles. The molecule has 2 aliphatic heterocycles. The summed E-state index contributed by atoms with van der Waals surface area (Å²) < 4.78 is 0.